The highest BCUT2D eigenvalue weighted by atomic mass is 79.9. The highest BCUT2D eigenvalue weighted by molar-refractivity contribution is 9.11. The minimum absolute atomic E-state index is 0.186. The molecule has 0 amide bonds. The van der Waals surface area contributed by atoms with Gasteiger partial charge >= 0.3 is 0 Å². The van der Waals surface area contributed by atoms with Gasteiger partial charge < -0.3 is 0 Å². The molecular weight excluding hydrogens is 461 g/mol. The molecule has 3 heterocycles. The summed E-state index contributed by atoms with van der Waals surface area (Å²) in [5, 5.41) is 4.52. The molecule has 2 aromatic heterocycles. The Morgan fingerprint density at radius 1 is 1.08 bits per heavy atom. The fourth-order valence-electron chi connectivity index (χ4n) is 3.50. The standard InChI is InChI=1S/C20H18Br2FN3/c1-19(2)17-12(6-5-7-14(17)23)18(25-20(19,3)4)11-8-15-13(21)9-16(22)26(15)24-10-11/h5-10H,1-4H3. The largest absolute Gasteiger partial charge is 0.277 e. The Bertz CT molecular complexity index is 1080. The Morgan fingerprint density at radius 2 is 1.81 bits per heavy atom. The number of halogens is 3. The molecule has 0 bridgehead atoms. The van der Waals surface area contributed by atoms with E-state index in [4.69, 9.17) is 4.99 Å². The molecule has 6 heteroatoms. The molecule has 0 saturated heterocycles. The summed E-state index contributed by atoms with van der Waals surface area (Å²) in [6.07, 6.45) is 1.78. The number of fused-ring (bicyclic) bond motifs is 2. The zero-order chi connectivity index (χ0) is 18.9. The van der Waals surface area contributed by atoms with E-state index in [-0.39, 0.29) is 5.82 Å². The van der Waals surface area contributed by atoms with E-state index < -0.39 is 11.0 Å². The van der Waals surface area contributed by atoms with Crippen LogP contribution in [-0.2, 0) is 5.41 Å². The van der Waals surface area contributed by atoms with Crippen LogP contribution in [0.1, 0.15) is 44.4 Å². The van der Waals surface area contributed by atoms with Crippen molar-refractivity contribution in [1.29, 1.82) is 0 Å². The van der Waals surface area contributed by atoms with Gasteiger partial charge in [-0.05, 0) is 63.9 Å². The molecule has 1 aliphatic heterocycles. The smallest absolute Gasteiger partial charge is 0.127 e. The molecule has 4 rings (SSSR count). The maximum atomic E-state index is 14.8. The molecule has 26 heavy (non-hydrogen) atoms. The van der Waals surface area contributed by atoms with Gasteiger partial charge in [-0.3, -0.25) is 4.99 Å². The molecule has 3 nitrogen and oxygen atoms in total. The molecule has 0 atom stereocenters. The Morgan fingerprint density at radius 3 is 2.54 bits per heavy atom. The lowest BCUT2D eigenvalue weighted by atomic mass is 9.65. The van der Waals surface area contributed by atoms with Crippen molar-refractivity contribution in [3.05, 3.63) is 68.1 Å². The lowest BCUT2D eigenvalue weighted by Crippen LogP contribution is -2.46. The Kier molecular flexibility index (Phi) is 3.94. The van der Waals surface area contributed by atoms with Crippen LogP contribution in [0, 0.1) is 5.82 Å². The number of hydrogen-bond acceptors (Lipinski definition) is 2. The topological polar surface area (TPSA) is 29.7 Å². The summed E-state index contributed by atoms with van der Waals surface area (Å²) in [6, 6.07) is 9.20. The highest BCUT2D eigenvalue weighted by Crippen LogP contribution is 2.45. The molecule has 0 saturated carbocycles. The van der Waals surface area contributed by atoms with E-state index in [1.165, 1.54) is 6.07 Å². The van der Waals surface area contributed by atoms with Gasteiger partial charge in [0.1, 0.15) is 10.4 Å². The number of rotatable bonds is 1. The molecule has 0 spiro atoms. The fraction of sp³-hybridized carbons (Fsp3) is 0.300. The number of aromatic nitrogens is 2. The van der Waals surface area contributed by atoms with Gasteiger partial charge in [-0.2, -0.15) is 5.10 Å². The molecule has 1 aliphatic rings. The molecule has 3 aromatic rings. The van der Waals surface area contributed by atoms with Gasteiger partial charge in [0.25, 0.3) is 0 Å². The first-order chi connectivity index (χ1) is 12.1. The number of benzene rings is 1. The third kappa shape index (κ3) is 2.42. The third-order valence-electron chi connectivity index (χ3n) is 5.61. The first-order valence-electron chi connectivity index (χ1n) is 8.36. The van der Waals surface area contributed by atoms with Crippen LogP contribution < -0.4 is 0 Å². The van der Waals surface area contributed by atoms with E-state index >= 15 is 0 Å². The van der Waals surface area contributed by atoms with E-state index in [1.54, 1.807) is 16.8 Å². The zero-order valence-electron chi connectivity index (χ0n) is 14.9. The van der Waals surface area contributed by atoms with E-state index in [0.717, 1.165) is 31.4 Å². The van der Waals surface area contributed by atoms with Crippen molar-refractivity contribution in [2.45, 2.75) is 38.6 Å². The van der Waals surface area contributed by atoms with Gasteiger partial charge in [-0.25, -0.2) is 8.91 Å². The fourth-order valence-corrected chi connectivity index (χ4v) is 4.82. The number of hydrogen-bond donors (Lipinski definition) is 0. The summed E-state index contributed by atoms with van der Waals surface area (Å²) in [7, 11) is 0. The number of nitrogens with zero attached hydrogens (tertiary/aromatic N) is 3. The summed E-state index contributed by atoms with van der Waals surface area (Å²) < 4.78 is 18.4. The Hall–Kier alpha value is -1.53. The lowest BCUT2D eigenvalue weighted by molar-refractivity contribution is 0.293. The van der Waals surface area contributed by atoms with E-state index in [0.29, 0.717) is 5.56 Å². The second-order valence-electron chi connectivity index (χ2n) is 7.66. The first-order valence-corrected chi connectivity index (χ1v) is 9.94. The summed E-state index contributed by atoms with van der Waals surface area (Å²) in [4.78, 5) is 5.04. The molecule has 0 unspecified atom stereocenters. The van der Waals surface area contributed by atoms with Gasteiger partial charge in [-0.15, -0.1) is 0 Å². The second kappa shape index (κ2) is 5.73. The molecule has 1 aromatic carbocycles. The van der Waals surface area contributed by atoms with Gasteiger partial charge in [0, 0.05) is 26.6 Å². The Balaban J connectivity index is 2.02. The van der Waals surface area contributed by atoms with Crippen LogP contribution in [-0.4, -0.2) is 20.9 Å². The molecule has 0 fully saturated rings. The number of aliphatic imine (C=N–C) groups is 1. The maximum absolute atomic E-state index is 14.8. The van der Waals surface area contributed by atoms with Crippen molar-refractivity contribution in [2.75, 3.05) is 0 Å². The average molecular weight is 479 g/mol. The lowest BCUT2D eigenvalue weighted by Gasteiger charge is -2.44. The van der Waals surface area contributed by atoms with Crippen molar-refractivity contribution in [3.8, 4) is 0 Å². The molecule has 134 valence electrons. The minimum atomic E-state index is -0.455. The molecule has 0 radical (unpaired) electrons. The summed E-state index contributed by atoms with van der Waals surface area (Å²) in [6.45, 7) is 8.21. The average Bonchev–Trinajstić information content (AvgIpc) is 2.85. The van der Waals surface area contributed by atoms with Crippen molar-refractivity contribution in [3.63, 3.8) is 0 Å². The van der Waals surface area contributed by atoms with Crippen LogP contribution in [0.15, 0.2) is 50.6 Å². The summed E-state index contributed by atoms with van der Waals surface area (Å²) in [5.41, 5.74) is 3.25. The molecule has 0 N–H and O–H groups in total. The van der Waals surface area contributed by atoms with E-state index in [9.17, 15) is 4.39 Å². The first kappa shape index (κ1) is 17.9. The van der Waals surface area contributed by atoms with Crippen LogP contribution >= 0.6 is 31.9 Å². The third-order valence-corrected chi connectivity index (χ3v) is 6.81. The van der Waals surface area contributed by atoms with Gasteiger partial charge in [0.05, 0.1) is 23.0 Å². The monoisotopic (exact) mass is 477 g/mol. The Labute approximate surface area is 168 Å². The van der Waals surface area contributed by atoms with Crippen LogP contribution in [0.25, 0.3) is 5.52 Å². The normalized spacial score (nSPS) is 17.9. The predicted octanol–water partition coefficient (Wildman–Crippen LogP) is 5.91. The maximum Gasteiger partial charge on any atom is 0.127 e. The molecular formula is C20H18Br2FN3. The van der Waals surface area contributed by atoms with Crippen LogP contribution in [0.3, 0.4) is 0 Å². The summed E-state index contributed by atoms with van der Waals surface area (Å²) in [5.74, 6) is -0.186. The van der Waals surface area contributed by atoms with Gasteiger partial charge in [-0.1, -0.05) is 26.0 Å². The SMILES string of the molecule is CC1(C)N=C(c2cnn3c(Br)cc(Br)c3c2)c2cccc(F)c2C1(C)C. The second-order valence-corrected chi connectivity index (χ2v) is 9.33. The highest BCUT2D eigenvalue weighted by Gasteiger charge is 2.45. The van der Waals surface area contributed by atoms with Crippen LogP contribution in [0.4, 0.5) is 4.39 Å². The van der Waals surface area contributed by atoms with Crippen molar-refractivity contribution < 1.29 is 4.39 Å². The minimum Gasteiger partial charge on any atom is -0.277 e. The van der Waals surface area contributed by atoms with Crippen LogP contribution in [0.2, 0.25) is 0 Å². The zero-order valence-corrected chi connectivity index (χ0v) is 18.1. The van der Waals surface area contributed by atoms with E-state index in [2.05, 4.69) is 64.7 Å². The van der Waals surface area contributed by atoms with E-state index in [1.807, 2.05) is 18.2 Å². The van der Waals surface area contributed by atoms with Gasteiger partial charge in [0.15, 0.2) is 0 Å². The van der Waals surface area contributed by atoms with Gasteiger partial charge in [0.2, 0.25) is 0 Å². The van der Waals surface area contributed by atoms with Crippen molar-refractivity contribution in [1.82, 2.24) is 9.61 Å². The van der Waals surface area contributed by atoms with Crippen molar-refractivity contribution >= 4 is 43.1 Å². The summed E-state index contributed by atoms with van der Waals surface area (Å²) >= 11 is 7.07. The van der Waals surface area contributed by atoms with Crippen molar-refractivity contribution in [2.24, 2.45) is 4.99 Å². The van der Waals surface area contributed by atoms with Crippen LogP contribution in [0.5, 0.6) is 0 Å². The predicted molar refractivity (Wildman–Crippen MR) is 110 cm³/mol. The quantitative estimate of drug-likeness (QED) is 0.427. The molecule has 0 aliphatic carbocycles.